The quantitative estimate of drug-likeness (QED) is 0.830. The molecule has 0 radical (unpaired) electrons. The van der Waals surface area contributed by atoms with Gasteiger partial charge in [-0.05, 0) is 68.7 Å². The second kappa shape index (κ2) is 7.93. The van der Waals surface area contributed by atoms with Gasteiger partial charge in [0.05, 0.1) is 0 Å². The van der Waals surface area contributed by atoms with Crippen LogP contribution >= 0.6 is 12.2 Å². The number of amides is 1. The molecule has 0 saturated heterocycles. The highest BCUT2D eigenvalue weighted by Crippen LogP contribution is 2.21. The number of hydrogen-bond donors (Lipinski definition) is 2. The number of nitrogens with one attached hydrogen (secondary N) is 2. The molecular formula is C19H22N2O2S. The first-order valence-corrected chi connectivity index (χ1v) is 8.14. The maximum absolute atomic E-state index is 12.0. The van der Waals surface area contributed by atoms with Crippen LogP contribution in [0.1, 0.15) is 22.3 Å². The first-order chi connectivity index (χ1) is 11.3. The van der Waals surface area contributed by atoms with Gasteiger partial charge in [-0.25, -0.2) is 0 Å². The molecule has 2 rings (SSSR count). The lowest BCUT2D eigenvalue weighted by molar-refractivity contribution is -0.121. The predicted octanol–water partition coefficient (Wildman–Crippen LogP) is 3.81. The molecule has 0 aliphatic rings. The van der Waals surface area contributed by atoms with Crippen molar-refractivity contribution < 1.29 is 9.53 Å². The van der Waals surface area contributed by atoms with E-state index in [-0.39, 0.29) is 17.6 Å². The van der Waals surface area contributed by atoms with Crippen LogP contribution in [0.5, 0.6) is 5.75 Å². The standard InChI is InChI=1S/C19H22N2O2S/c1-12-6-5-7-16(10-12)23-11-17(22)20-19(24)21-18-14(3)8-13(2)9-15(18)4/h5-10H,11H2,1-4H3,(H2,20,21,22,24). The lowest BCUT2D eigenvalue weighted by Crippen LogP contribution is -2.37. The first-order valence-electron chi connectivity index (χ1n) is 7.73. The normalized spacial score (nSPS) is 10.2. The molecule has 0 bridgehead atoms. The predicted molar refractivity (Wildman–Crippen MR) is 102 cm³/mol. The summed E-state index contributed by atoms with van der Waals surface area (Å²) in [6.45, 7) is 7.95. The maximum atomic E-state index is 12.0. The van der Waals surface area contributed by atoms with Crippen LogP contribution in [-0.4, -0.2) is 17.6 Å². The van der Waals surface area contributed by atoms with Crippen LogP contribution in [-0.2, 0) is 4.79 Å². The number of hydrogen-bond acceptors (Lipinski definition) is 3. The summed E-state index contributed by atoms with van der Waals surface area (Å²) in [6.07, 6.45) is 0. The summed E-state index contributed by atoms with van der Waals surface area (Å²) in [5.74, 6) is 0.366. The molecule has 0 aliphatic carbocycles. The third-order valence-corrected chi connectivity index (χ3v) is 3.73. The Hall–Kier alpha value is -2.40. The molecule has 0 unspecified atom stereocenters. The molecule has 2 N–H and O–H groups in total. The van der Waals surface area contributed by atoms with E-state index in [0.29, 0.717) is 5.75 Å². The Balaban J connectivity index is 1.89. The molecule has 0 aliphatic heterocycles. The van der Waals surface area contributed by atoms with Crippen LogP contribution in [0.3, 0.4) is 0 Å². The average molecular weight is 342 g/mol. The number of ether oxygens (including phenoxy) is 1. The van der Waals surface area contributed by atoms with Gasteiger partial charge < -0.3 is 10.1 Å². The van der Waals surface area contributed by atoms with E-state index < -0.39 is 0 Å². The van der Waals surface area contributed by atoms with Crippen molar-refractivity contribution in [3.63, 3.8) is 0 Å². The Morgan fingerprint density at radius 2 is 1.71 bits per heavy atom. The zero-order chi connectivity index (χ0) is 17.7. The van der Waals surface area contributed by atoms with Gasteiger partial charge in [0.1, 0.15) is 5.75 Å². The summed E-state index contributed by atoms with van der Waals surface area (Å²) >= 11 is 5.22. The van der Waals surface area contributed by atoms with Crippen molar-refractivity contribution in [1.82, 2.24) is 5.32 Å². The smallest absolute Gasteiger partial charge is 0.264 e. The molecular weight excluding hydrogens is 320 g/mol. The third-order valence-electron chi connectivity index (χ3n) is 3.53. The highest BCUT2D eigenvalue weighted by Gasteiger charge is 2.09. The fourth-order valence-electron chi connectivity index (χ4n) is 2.54. The van der Waals surface area contributed by atoms with Gasteiger partial charge in [-0.3, -0.25) is 10.1 Å². The van der Waals surface area contributed by atoms with Crippen LogP contribution < -0.4 is 15.4 Å². The van der Waals surface area contributed by atoms with Crippen LogP contribution in [0.25, 0.3) is 0 Å². The Morgan fingerprint density at radius 1 is 1.04 bits per heavy atom. The van der Waals surface area contributed by atoms with Crippen molar-refractivity contribution in [3.05, 3.63) is 58.7 Å². The lowest BCUT2D eigenvalue weighted by atomic mass is 10.1. The van der Waals surface area contributed by atoms with Gasteiger partial charge in [-0.15, -0.1) is 0 Å². The number of carbonyl (C=O) groups excluding carboxylic acids is 1. The summed E-state index contributed by atoms with van der Waals surface area (Å²) < 4.78 is 5.46. The van der Waals surface area contributed by atoms with Crippen molar-refractivity contribution in [3.8, 4) is 5.75 Å². The molecule has 0 saturated carbocycles. The van der Waals surface area contributed by atoms with E-state index in [1.165, 1.54) is 5.56 Å². The third kappa shape index (κ3) is 5.06. The van der Waals surface area contributed by atoms with E-state index in [0.717, 1.165) is 22.4 Å². The van der Waals surface area contributed by atoms with Gasteiger partial charge >= 0.3 is 0 Å². The topological polar surface area (TPSA) is 50.4 Å². The largest absolute Gasteiger partial charge is 0.484 e. The molecule has 0 spiro atoms. The molecule has 126 valence electrons. The Bertz CT molecular complexity index is 749. The summed E-state index contributed by atoms with van der Waals surface area (Å²) in [7, 11) is 0. The van der Waals surface area contributed by atoms with E-state index in [1.807, 2.05) is 52.0 Å². The fourth-order valence-corrected chi connectivity index (χ4v) is 2.75. The van der Waals surface area contributed by atoms with Gasteiger partial charge in [0.25, 0.3) is 5.91 Å². The van der Waals surface area contributed by atoms with Crippen molar-refractivity contribution in [2.24, 2.45) is 0 Å². The van der Waals surface area contributed by atoms with Crippen LogP contribution in [0, 0.1) is 27.7 Å². The molecule has 5 heteroatoms. The zero-order valence-corrected chi connectivity index (χ0v) is 15.2. The first kappa shape index (κ1) is 17.9. The Morgan fingerprint density at radius 3 is 2.33 bits per heavy atom. The van der Waals surface area contributed by atoms with Gasteiger partial charge in [0.2, 0.25) is 0 Å². The average Bonchev–Trinajstić information content (AvgIpc) is 2.49. The van der Waals surface area contributed by atoms with Crippen LogP contribution in [0.4, 0.5) is 5.69 Å². The molecule has 2 aromatic carbocycles. The lowest BCUT2D eigenvalue weighted by Gasteiger charge is -2.15. The monoisotopic (exact) mass is 342 g/mol. The number of rotatable bonds is 4. The van der Waals surface area contributed by atoms with Crippen molar-refractivity contribution in [2.75, 3.05) is 11.9 Å². The highest BCUT2D eigenvalue weighted by atomic mass is 32.1. The van der Waals surface area contributed by atoms with Crippen LogP contribution in [0.2, 0.25) is 0 Å². The molecule has 0 heterocycles. The number of aryl methyl sites for hydroxylation is 4. The maximum Gasteiger partial charge on any atom is 0.264 e. The fraction of sp³-hybridized carbons (Fsp3) is 0.263. The second-order valence-corrected chi connectivity index (χ2v) is 6.29. The van der Waals surface area contributed by atoms with E-state index in [4.69, 9.17) is 17.0 Å². The Kier molecular flexibility index (Phi) is 5.93. The summed E-state index contributed by atoms with van der Waals surface area (Å²) in [6, 6.07) is 11.7. The highest BCUT2D eigenvalue weighted by molar-refractivity contribution is 7.80. The molecule has 2 aromatic rings. The van der Waals surface area contributed by atoms with Gasteiger partial charge in [0.15, 0.2) is 11.7 Å². The minimum atomic E-state index is -0.295. The number of carbonyl (C=O) groups is 1. The van der Waals surface area contributed by atoms with Crippen molar-refractivity contribution in [2.45, 2.75) is 27.7 Å². The minimum Gasteiger partial charge on any atom is -0.484 e. The summed E-state index contributed by atoms with van der Waals surface area (Å²) in [5.41, 5.74) is 5.36. The molecule has 24 heavy (non-hydrogen) atoms. The number of anilines is 1. The van der Waals surface area contributed by atoms with Gasteiger partial charge in [0, 0.05) is 5.69 Å². The Labute approximate surface area is 148 Å². The SMILES string of the molecule is Cc1cccc(OCC(=O)NC(=S)Nc2c(C)cc(C)cc2C)c1. The summed E-state index contributed by atoms with van der Waals surface area (Å²) in [5, 5.41) is 5.99. The van der Waals surface area contributed by atoms with Crippen LogP contribution in [0.15, 0.2) is 36.4 Å². The molecule has 1 amide bonds. The van der Waals surface area contributed by atoms with E-state index in [2.05, 4.69) is 22.8 Å². The second-order valence-electron chi connectivity index (χ2n) is 5.88. The van der Waals surface area contributed by atoms with E-state index >= 15 is 0 Å². The molecule has 0 fully saturated rings. The number of benzene rings is 2. The van der Waals surface area contributed by atoms with Gasteiger partial charge in [-0.1, -0.05) is 29.8 Å². The zero-order valence-electron chi connectivity index (χ0n) is 14.4. The minimum absolute atomic E-state index is 0.0862. The molecule has 0 atom stereocenters. The van der Waals surface area contributed by atoms with E-state index in [1.54, 1.807) is 0 Å². The molecule has 4 nitrogen and oxygen atoms in total. The van der Waals surface area contributed by atoms with Crippen molar-refractivity contribution >= 4 is 28.9 Å². The molecule has 0 aromatic heterocycles. The van der Waals surface area contributed by atoms with E-state index in [9.17, 15) is 4.79 Å². The van der Waals surface area contributed by atoms with Crippen molar-refractivity contribution in [1.29, 1.82) is 0 Å². The summed E-state index contributed by atoms with van der Waals surface area (Å²) in [4.78, 5) is 12.0. The van der Waals surface area contributed by atoms with Gasteiger partial charge in [-0.2, -0.15) is 0 Å². The number of thiocarbonyl (C=S) groups is 1.